The van der Waals surface area contributed by atoms with Crippen LogP contribution >= 0.6 is 7.92 Å². The van der Waals surface area contributed by atoms with Crippen LogP contribution in [-0.4, -0.2) is 24.8 Å². The predicted octanol–water partition coefficient (Wildman–Crippen LogP) is 6.38. The van der Waals surface area contributed by atoms with Gasteiger partial charge in [0.15, 0.2) is 0 Å². The molecule has 2 nitrogen and oxygen atoms in total. The molecular formula is C31H34NOP. The lowest BCUT2D eigenvalue weighted by Gasteiger charge is -2.34. The van der Waals surface area contributed by atoms with E-state index in [1.54, 1.807) is 0 Å². The molecule has 0 saturated carbocycles. The quantitative estimate of drug-likeness (QED) is 0.305. The van der Waals surface area contributed by atoms with Crippen LogP contribution in [0.4, 0.5) is 5.69 Å². The molecule has 1 atom stereocenters. The second-order valence-corrected chi connectivity index (χ2v) is 12.3. The minimum atomic E-state index is -0.689. The van der Waals surface area contributed by atoms with E-state index < -0.39 is 7.92 Å². The predicted molar refractivity (Wildman–Crippen MR) is 149 cm³/mol. The molecule has 1 heterocycles. The highest BCUT2D eigenvalue weighted by atomic mass is 31.1. The van der Waals surface area contributed by atoms with Crippen LogP contribution in [0.3, 0.4) is 0 Å². The van der Waals surface area contributed by atoms with Crippen LogP contribution < -0.4 is 20.8 Å². The molecule has 0 N–H and O–H groups in total. The first kappa shape index (κ1) is 23.1. The summed E-state index contributed by atoms with van der Waals surface area (Å²) in [5.41, 5.74) is 1.27. The van der Waals surface area contributed by atoms with E-state index in [4.69, 9.17) is 4.74 Å². The van der Waals surface area contributed by atoms with Crippen molar-refractivity contribution < 1.29 is 4.74 Å². The zero-order valence-electron chi connectivity index (χ0n) is 20.4. The van der Waals surface area contributed by atoms with Gasteiger partial charge in [0.25, 0.3) is 0 Å². The van der Waals surface area contributed by atoms with Crippen molar-refractivity contribution in [3.8, 4) is 0 Å². The summed E-state index contributed by atoms with van der Waals surface area (Å²) in [6.45, 7) is 8.30. The minimum absolute atomic E-state index is 0.128. The Bertz CT molecular complexity index is 1190. The maximum Gasteiger partial charge on any atom is 0.0677 e. The standard InChI is InChI=1S/C31H34NOP/c1-31(2,3)33-23-25-14-12-22-32(25)30-28-19-11-10-13-24(28)20-21-29(30)34(26-15-6-4-7-16-26)27-17-8-5-9-18-27/h4-11,13,15-21,25H,12,14,22-23H2,1-3H3/t25-/m0/s1. The van der Waals surface area contributed by atoms with E-state index in [1.165, 1.54) is 45.2 Å². The third-order valence-corrected chi connectivity index (χ3v) is 8.99. The number of nitrogens with zero attached hydrogens (tertiary/aromatic N) is 1. The molecular weight excluding hydrogens is 433 g/mol. The summed E-state index contributed by atoms with van der Waals surface area (Å²) in [6, 6.07) is 36.1. The van der Waals surface area contributed by atoms with Gasteiger partial charge in [-0.1, -0.05) is 97.1 Å². The zero-order valence-corrected chi connectivity index (χ0v) is 21.3. The lowest BCUT2D eigenvalue weighted by Crippen LogP contribution is -2.39. The van der Waals surface area contributed by atoms with Gasteiger partial charge in [0.2, 0.25) is 0 Å². The van der Waals surface area contributed by atoms with E-state index in [0.29, 0.717) is 6.04 Å². The van der Waals surface area contributed by atoms with Gasteiger partial charge in [-0.15, -0.1) is 0 Å². The first-order valence-electron chi connectivity index (χ1n) is 12.3. The summed E-state index contributed by atoms with van der Waals surface area (Å²) >= 11 is 0. The zero-order chi connectivity index (χ0) is 23.5. The van der Waals surface area contributed by atoms with Crippen molar-refractivity contribution in [3.05, 3.63) is 97.1 Å². The Kier molecular flexibility index (Phi) is 6.73. The van der Waals surface area contributed by atoms with Gasteiger partial charge in [-0.05, 0) is 57.5 Å². The van der Waals surface area contributed by atoms with Gasteiger partial charge in [0.05, 0.1) is 23.9 Å². The molecule has 174 valence electrons. The number of ether oxygens (including phenoxy) is 1. The SMILES string of the molecule is CC(C)(C)OC[C@@H]1CCCN1c1c(P(c2ccccc2)c2ccccc2)ccc2ccccc12. The molecule has 1 aliphatic rings. The maximum absolute atomic E-state index is 6.31. The van der Waals surface area contributed by atoms with Crippen molar-refractivity contribution in [3.63, 3.8) is 0 Å². The Hall–Kier alpha value is -2.67. The topological polar surface area (TPSA) is 12.5 Å². The second-order valence-electron chi connectivity index (χ2n) is 10.1. The van der Waals surface area contributed by atoms with E-state index in [1.807, 2.05) is 0 Å². The molecule has 34 heavy (non-hydrogen) atoms. The second kappa shape index (κ2) is 9.90. The summed E-state index contributed by atoms with van der Waals surface area (Å²) < 4.78 is 6.31. The molecule has 5 rings (SSSR count). The fraction of sp³-hybridized carbons (Fsp3) is 0.290. The first-order valence-corrected chi connectivity index (χ1v) is 13.7. The average molecular weight is 468 g/mol. The summed E-state index contributed by atoms with van der Waals surface area (Å²) in [5, 5.41) is 6.87. The Morgan fingerprint density at radius 3 is 2.06 bits per heavy atom. The Labute approximate surface area is 205 Å². The van der Waals surface area contributed by atoms with Crippen molar-refractivity contribution in [2.75, 3.05) is 18.1 Å². The van der Waals surface area contributed by atoms with Gasteiger partial charge in [-0.3, -0.25) is 0 Å². The number of rotatable bonds is 6. The Balaban J connectivity index is 1.69. The van der Waals surface area contributed by atoms with E-state index in [0.717, 1.165) is 13.2 Å². The molecule has 0 aromatic heterocycles. The summed E-state index contributed by atoms with van der Waals surface area (Å²) in [6.07, 6.45) is 2.38. The Morgan fingerprint density at radius 2 is 1.41 bits per heavy atom. The minimum Gasteiger partial charge on any atom is -0.374 e. The number of hydrogen-bond acceptors (Lipinski definition) is 2. The number of fused-ring (bicyclic) bond motifs is 1. The van der Waals surface area contributed by atoms with Gasteiger partial charge in [-0.2, -0.15) is 0 Å². The van der Waals surface area contributed by atoms with Crippen LogP contribution in [-0.2, 0) is 4.74 Å². The lowest BCUT2D eigenvalue weighted by atomic mass is 10.1. The molecule has 0 amide bonds. The lowest BCUT2D eigenvalue weighted by molar-refractivity contribution is -0.00931. The van der Waals surface area contributed by atoms with Crippen molar-refractivity contribution >= 4 is 40.3 Å². The molecule has 3 heteroatoms. The van der Waals surface area contributed by atoms with Crippen molar-refractivity contribution in [1.82, 2.24) is 0 Å². The van der Waals surface area contributed by atoms with Crippen LogP contribution in [0.1, 0.15) is 33.6 Å². The summed E-state index contributed by atoms with van der Waals surface area (Å²) in [4.78, 5) is 2.66. The van der Waals surface area contributed by atoms with E-state index in [9.17, 15) is 0 Å². The van der Waals surface area contributed by atoms with Crippen LogP contribution in [0.25, 0.3) is 10.8 Å². The van der Waals surface area contributed by atoms with Gasteiger partial charge in [0, 0.05) is 17.2 Å². The normalized spacial score (nSPS) is 16.5. The van der Waals surface area contributed by atoms with Gasteiger partial charge < -0.3 is 9.64 Å². The molecule has 0 bridgehead atoms. The number of hydrogen-bond donors (Lipinski definition) is 0. The number of benzene rings is 4. The molecule has 0 unspecified atom stereocenters. The smallest absolute Gasteiger partial charge is 0.0677 e. The molecule has 4 aromatic carbocycles. The van der Waals surface area contributed by atoms with Crippen molar-refractivity contribution in [1.29, 1.82) is 0 Å². The van der Waals surface area contributed by atoms with E-state index in [-0.39, 0.29) is 5.60 Å². The van der Waals surface area contributed by atoms with Crippen molar-refractivity contribution in [2.45, 2.75) is 45.3 Å². The van der Waals surface area contributed by atoms with Crippen LogP contribution in [0.5, 0.6) is 0 Å². The molecule has 0 radical (unpaired) electrons. The van der Waals surface area contributed by atoms with Gasteiger partial charge in [0.1, 0.15) is 0 Å². The van der Waals surface area contributed by atoms with Crippen molar-refractivity contribution in [2.24, 2.45) is 0 Å². The van der Waals surface area contributed by atoms with Crippen LogP contribution in [0.2, 0.25) is 0 Å². The van der Waals surface area contributed by atoms with Crippen LogP contribution in [0, 0.1) is 0 Å². The molecule has 1 saturated heterocycles. The molecule has 4 aromatic rings. The van der Waals surface area contributed by atoms with E-state index in [2.05, 4.69) is 123 Å². The van der Waals surface area contributed by atoms with Crippen LogP contribution in [0.15, 0.2) is 97.1 Å². The molecule has 1 fully saturated rings. The first-order chi connectivity index (χ1) is 16.5. The third-order valence-electron chi connectivity index (χ3n) is 6.52. The summed E-state index contributed by atoms with van der Waals surface area (Å²) in [5.74, 6) is 0. The monoisotopic (exact) mass is 467 g/mol. The highest BCUT2D eigenvalue weighted by molar-refractivity contribution is 7.80. The Morgan fingerprint density at radius 1 is 0.794 bits per heavy atom. The molecule has 1 aliphatic heterocycles. The maximum atomic E-state index is 6.31. The van der Waals surface area contributed by atoms with E-state index >= 15 is 0 Å². The fourth-order valence-electron chi connectivity index (χ4n) is 4.96. The fourth-order valence-corrected chi connectivity index (χ4v) is 7.44. The average Bonchev–Trinajstić information content (AvgIpc) is 3.32. The summed E-state index contributed by atoms with van der Waals surface area (Å²) in [7, 11) is -0.689. The number of anilines is 1. The molecule has 0 aliphatic carbocycles. The highest BCUT2D eigenvalue weighted by Gasteiger charge is 2.31. The van der Waals surface area contributed by atoms with Gasteiger partial charge >= 0.3 is 0 Å². The molecule has 0 spiro atoms. The highest BCUT2D eigenvalue weighted by Crippen LogP contribution is 2.41. The van der Waals surface area contributed by atoms with Gasteiger partial charge in [-0.25, -0.2) is 0 Å². The largest absolute Gasteiger partial charge is 0.374 e. The third kappa shape index (κ3) is 4.90.